The summed E-state index contributed by atoms with van der Waals surface area (Å²) in [7, 11) is 0. The molecule has 17 heavy (non-hydrogen) atoms. The van der Waals surface area contributed by atoms with E-state index < -0.39 is 11.7 Å². The number of rotatable bonds is 4. The summed E-state index contributed by atoms with van der Waals surface area (Å²) in [5.41, 5.74) is -0.0117. The summed E-state index contributed by atoms with van der Waals surface area (Å²) in [4.78, 5) is 11.8. The van der Waals surface area contributed by atoms with E-state index in [0.717, 1.165) is 0 Å². The third-order valence-corrected chi connectivity index (χ3v) is 2.68. The third-order valence-electron chi connectivity index (χ3n) is 2.35. The van der Waals surface area contributed by atoms with E-state index in [1.54, 1.807) is 0 Å². The van der Waals surface area contributed by atoms with E-state index in [-0.39, 0.29) is 28.7 Å². The predicted octanol–water partition coefficient (Wildman–Crippen LogP) is 3.70. The van der Waals surface area contributed by atoms with Crippen molar-refractivity contribution in [2.45, 2.75) is 26.2 Å². The highest BCUT2D eigenvalue weighted by Gasteiger charge is 2.26. The first-order chi connectivity index (χ1) is 7.97. The van der Waals surface area contributed by atoms with Gasteiger partial charge in [-0.05, 0) is 18.1 Å². The van der Waals surface area contributed by atoms with Gasteiger partial charge in [-0.15, -0.1) is 0 Å². The molecule has 0 aliphatic heterocycles. The number of carbonyl (C=O) groups is 1. The van der Waals surface area contributed by atoms with Crippen LogP contribution in [0.4, 0.5) is 4.39 Å². The molecule has 0 fully saturated rings. The Morgan fingerprint density at radius 2 is 2.18 bits per heavy atom. The van der Waals surface area contributed by atoms with Crippen LogP contribution in [0.2, 0.25) is 5.02 Å². The highest BCUT2D eigenvalue weighted by Crippen LogP contribution is 2.29. The average Bonchev–Trinajstić information content (AvgIpc) is 2.22. The van der Waals surface area contributed by atoms with Gasteiger partial charge in [-0.2, -0.15) is 5.26 Å². The topological polar surface area (TPSA) is 40.9 Å². The van der Waals surface area contributed by atoms with Crippen LogP contribution >= 0.6 is 11.6 Å². The van der Waals surface area contributed by atoms with Crippen molar-refractivity contribution in [3.05, 3.63) is 34.6 Å². The van der Waals surface area contributed by atoms with Crippen LogP contribution in [0.25, 0.3) is 0 Å². The fourth-order valence-electron chi connectivity index (χ4n) is 1.60. The molecule has 0 radical (unpaired) electrons. The molecule has 2 nitrogen and oxygen atoms in total. The minimum absolute atomic E-state index is 0.0117. The molecule has 0 aliphatic rings. The fourth-order valence-corrected chi connectivity index (χ4v) is 1.88. The Kier molecular flexibility index (Phi) is 4.65. The van der Waals surface area contributed by atoms with Gasteiger partial charge in [0.15, 0.2) is 5.78 Å². The zero-order valence-corrected chi connectivity index (χ0v) is 10.5. The molecule has 1 atom stereocenters. The second kappa shape index (κ2) is 5.79. The van der Waals surface area contributed by atoms with Crippen molar-refractivity contribution in [3.8, 4) is 6.07 Å². The first-order valence-electron chi connectivity index (χ1n) is 5.33. The first kappa shape index (κ1) is 13.7. The largest absolute Gasteiger partial charge is 0.298 e. The van der Waals surface area contributed by atoms with Crippen LogP contribution in [0.3, 0.4) is 0 Å². The highest BCUT2D eigenvalue weighted by molar-refractivity contribution is 6.31. The number of carbonyl (C=O) groups excluding carboxylic acids is 1. The van der Waals surface area contributed by atoms with Crippen molar-refractivity contribution >= 4 is 17.4 Å². The second-order valence-electron chi connectivity index (χ2n) is 4.26. The van der Waals surface area contributed by atoms with Crippen LogP contribution in [0.15, 0.2) is 18.2 Å². The zero-order valence-electron chi connectivity index (χ0n) is 9.71. The third kappa shape index (κ3) is 3.28. The lowest BCUT2D eigenvalue weighted by atomic mass is 9.91. The number of hydrogen-bond acceptors (Lipinski definition) is 2. The van der Waals surface area contributed by atoms with Crippen molar-refractivity contribution < 1.29 is 9.18 Å². The molecule has 0 spiro atoms. The molecule has 0 saturated carbocycles. The number of Topliss-reactive ketones (excluding diaryl/α,β-unsaturated/α-hetero) is 1. The number of nitrogens with zero attached hydrogens (tertiary/aromatic N) is 1. The Morgan fingerprint density at radius 1 is 1.53 bits per heavy atom. The summed E-state index contributed by atoms with van der Waals surface area (Å²) in [6, 6.07) is 5.96. The zero-order chi connectivity index (χ0) is 13.0. The number of hydrogen-bond donors (Lipinski definition) is 0. The normalized spacial score (nSPS) is 12.2. The van der Waals surface area contributed by atoms with Crippen LogP contribution in [0.5, 0.6) is 0 Å². The standard InChI is InChI=1S/C13H13ClFNO/c1-8(2)6-12(17)9(7-16)13-10(14)4-3-5-11(13)15/h3-5,8-9H,6H2,1-2H3. The van der Waals surface area contributed by atoms with Gasteiger partial charge < -0.3 is 0 Å². The van der Waals surface area contributed by atoms with Crippen LogP contribution < -0.4 is 0 Å². The van der Waals surface area contributed by atoms with Gasteiger partial charge in [-0.25, -0.2) is 4.39 Å². The van der Waals surface area contributed by atoms with Gasteiger partial charge in [-0.3, -0.25) is 4.79 Å². The van der Waals surface area contributed by atoms with Gasteiger partial charge >= 0.3 is 0 Å². The maximum atomic E-state index is 13.6. The van der Waals surface area contributed by atoms with E-state index in [9.17, 15) is 9.18 Å². The van der Waals surface area contributed by atoms with Crippen molar-refractivity contribution in [1.29, 1.82) is 5.26 Å². The first-order valence-corrected chi connectivity index (χ1v) is 5.71. The van der Waals surface area contributed by atoms with E-state index >= 15 is 0 Å². The average molecular weight is 254 g/mol. The molecule has 4 heteroatoms. The van der Waals surface area contributed by atoms with Gasteiger partial charge in [0, 0.05) is 17.0 Å². The van der Waals surface area contributed by atoms with Crippen LogP contribution in [-0.4, -0.2) is 5.78 Å². The Bertz CT molecular complexity index is 445. The summed E-state index contributed by atoms with van der Waals surface area (Å²) < 4.78 is 13.6. The molecule has 0 aliphatic carbocycles. The molecule has 1 rings (SSSR count). The van der Waals surface area contributed by atoms with Gasteiger partial charge in [-0.1, -0.05) is 31.5 Å². The summed E-state index contributed by atoms with van der Waals surface area (Å²) >= 11 is 5.84. The lowest BCUT2D eigenvalue weighted by Crippen LogP contribution is -2.15. The second-order valence-corrected chi connectivity index (χ2v) is 4.67. The van der Waals surface area contributed by atoms with E-state index in [1.807, 2.05) is 19.9 Å². The molecule has 1 unspecified atom stereocenters. The molecule has 1 aromatic rings. The summed E-state index contributed by atoms with van der Waals surface area (Å²) in [5, 5.41) is 9.13. The predicted molar refractivity (Wildman–Crippen MR) is 64.2 cm³/mol. The van der Waals surface area contributed by atoms with Crippen molar-refractivity contribution in [3.63, 3.8) is 0 Å². The molecule has 0 N–H and O–H groups in total. The van der Waals surface area contributed by atoms with Crippen molar-refractivity contribution in [2.75, 3.05) is 0 Å². The van der Waals surface area contributed by atoms with Gasteiger partial charge in [0.1, 0.15) is 11.7 Å². The smallest absolute Gasteiger partial charge is 0.154 e. The summed E-state index contributed by atoms with van der Waals surface area (Å²) in [5.74, 6) is -1.90. The van der Waals surface area contributed by atoms with E-state index in [4.69, 9.17) is 16.9 Å². The van der Waals surface area contributed by atoms with Crippen molar-refractivity contribution in [1.82, 2.24) is 0 Å². The summed E-state index contributed by atoms with van der Waals surface area (Å²) in [6.45, 7) is 3.74. The molecule has 0 aromatic heterocycles. The van der Waals surface area contributed by atoms with Crippen LogP contribution in [0, 0.1) is 23.1 Å². The molecular weight excluding hydrogens is 241 g/mol. The van der Waals surface area contributed by atoms with Crippen LogP contribution in [0.1, 0.15) is 31.7 Å². The maximum absolute atomic E-state index is 13.6. The Morgan fingerprint density at radius 3 is 2.65 bits per heavy atom. The van der Waals surface area contributed by atoms with Gasteiger partial charge in [0.2, 0.25) is 0 Å². The Balaban J connectivity index is 3.11. The lowest BCUT2D eigenvalue weighted by Gasteiger charge is -2.12. The lowest BCUT2D eigenvalue weighted by molar-refractivity contribution is -0.120. The van der Waals surface area contributed by atoms with E-state index in [0.29, 0.717) is 0 Å². The van der Waals surface area contributed by atoms with E-state index in [1.165, 1.54) is 18.2 Å². The minimum atomic E-state index is -1.12. The van der Waals surface area contributed by atoms with Gasteiger partial charge in [0.05, 0.1) is 6.07 Å². The summed E-state index contributed by atoms with van der Waals surface area (Å²) in [6.07, 6.45) is 0.239. The quantitative estimate of drug-likeness (QED) is 0.821. The number of ketones is 1. The molecule has 0 heterocycles. The fraction of sp³-hybridized carbons (Fsp3) is 0.385. The molecule has 0 bridgehead atoms. The van der Waals surface area contributed by atoms with Gasteiger partial charge in [0.25, 0.3) is 0 Å². The minimum Gasteiger partial charge on any atom is -0.298 e. The van der Waals surface area contributed by atoms with E-state index in [2.05, 4.69) is 0 Å². The highest BCUT2D eigenvalue weighted by atomic mass is 35.5. The number of nitriles is 1. The number of halogens is 2. The van der Waals surface area contributed by atoms with Crippen molar-refractivity contribution in [2.24, 2.45) is 5.92 Å². The molecule has 1 aromatic carbocycles. The molecule has 0 amide bonds. The monoisotopic (exact) mass is 253 g/mol. The SMILES string of the molecule is CC(C)CC(=O)C(C#N)c1c(F)cccc1Cl. The maximum Gasteiger partial charge on any atom is 0.154 e. The Hall–Kier alpha value is -1.40. The molecule has 0 saturated heterocycles. The Labute approximate surface area is 105 Å². The molecular formula is C13H13ClFNO. The van der Waals surface area contributed by atoms with Crippen LogP contribution in [-0.2, 0) is 4.79 Å². The molecule has 90 valence electrons. The number of benzene rings is 1.